The predicted molar refractivity (Wildman–Crippen MR) is 129 cm³/mol. The van der Waals surface area contributed by atoms with Gasteiger partial charge in [-0.3, -0.25) is 9.59 Å². The maximum atomic E-state index is 12.5. The molecule has 0 spiro atoms. The molecule has 7 heteroatoms. The van der Waals surface area contributed by atoms with Crippen molar-refractivity contribution < 1.29 is 13.9 Å². The van der Waals surface area contributed by atoms with Crippen LogP contribution in [0.4, 0.5) is 5.69 Å². The summed E-state index contributed by atoms with van der Waals surface area (Å²) in [6.07, 6.45) is 3.00. The Balaban J connectivity index is 1.50. The first-order chi connectivity index (χ1) is 15.4. The van der Waals surface area contributed by atoms with Crippen LogP contribution in [-0.4, -0.2) is 13.0 Å². The fourth-order valence-corrected chi connectivity index (χ4v) is 3.58. The molecule has 0 aliphatic carbocycles. The second-order valence-electron chi connectivity index (χ2n) is 6.90. The Labute approximate surface area is 193 Å². The van der Waals surface area contributed by atoms with Gasteiger partial charge in [-0.25, -0.2) is 0 Å². The Kier molecular flexibility index (Phi) is 6.30. The number of benzene rings is 3. The van der Waals surface area contributed by atoms with Gasteiger partial charge < -0.3 is 14.5 Å². The van der Waals surface area contributed by atoms with E-state index in [9.17, 15) is 9.59 Å². The van der Waals surface area contributed by atoms with Gasteiger partial charge in [0.1, 0.15) is 17.1 Å². The molecule has 0 fully saturated rings. The summed E-state index contributed by atoms with van der Waals surface area (Å²) in [7, 11) is 1.54. The lowest BCUT2D eigenvalue weighted by Gasteiger charge is -2.07. The molecule has 1 heterocycles. The lowest BCUT2D eigenvalue weighted by molar-refractivity contribution is -0.111. The van der Waals surface area contributed by atoms with E-state index >= 15 is 0 Å². The van der Waals surface area contributed by atoms with Crippen LogP contribution in [-0.2, 0) is 4.79 Å². The minimum Gasteiger partial charge on any atom is -0.497 e. The monoisotopic (exact) mass is 465 g/mol. The Hall–Kier alpha value is -3.54. The van der Waals surface area contributed by atoms with Crippen LogP contribution in [0.15, 0.2) is 82.0 Å². The molecule has 1 amide bonds. The molecule has 32 heavy (non-hydrogen) atoms. The van der Waals surface area contributed by atoms with E-state index in [1.165, 1.54) is 12.1 Å². The van der Waals surface area contributed by atoms with Crippen LogP contribution in [0.2, 0.25) is 10.0 Å². The standard InChI is InChI=1S/C25H17Cl2NO4/c1-31-19-9-10-23-20(13-19)22(29)14-24(32-23)16-3-7-18(8-4-16)28-25(30)11-5-15-2-6-17(26)12-21(15)27/h2-14H,1H3,(H,28,30)/b11-5+. The molecular weight excluding hydrogens is 449 g/mol. The van der Waals surface area contributed by atoms with E-state index in [0.29, 0.717) is 49.3 Å². The molecule has 0 radical (unpaired) electrons. The van der Waals surface area contributed by atoms with Crippen LogP contribution < -0.4 is 15.5 Å². The molecule has 0 saturated heterocycles. The number of ether oxygens (including phenoxy) is 1. The summed E-state index contributed by atoms with van der Waals surface area (Å²) in [4.78, 5) is 24.7. The highest BCUT2D eigenvalue weighted by atomic mass is 35.5. The molecule has 1 N–H and O–H groups in total. The molecule has 0 atom stereocenters. The van der Waals surface area contributed by atoms with Crippen LogP contribution in [0, 0.1) is 0 Å². The zero-order valence-corrected chi connectivity index (χ0v) is 18.4. The maximum absolute atomic E-state index is 12.5. The van der Waals surface area contributed by atoms with Gasteiger partial charge in [-0.1, -0.05) is 29.3 Å². The summed E-state index contributed by atoms with van der Waals surface area (Å²) in [5.41, 5.74) is 2.30. The van der Waals surface area contributed by atoms with Gasteiger partial charge >= 0.3 is 0 Å². The molecule has 3 aromatic carbocycles. The Bertz CT molecular complexity index is 1390. The zero-order chi connectivity index (χ0) is 22.7. The molecule has 0 aliphatic rings. The van der Waals surface area contributed by atoms with Gasteiger partial charge in [0.15, 0.2) is 5.43 Å². The molecule has 1 aromatic heterocycles. The first-order valence-electron chi connectivity index (χ1n) is 9.59. The van der Waals surface area contributed by atoms with Crippen molar-refractivity contribution in [3.63, 3.8) is 0 Å². The van der Waals surface area contributed by atoms with E-state index in [2.05, 4.69) is 5.32 Å². The number of methoxy groups -OCH3 is 1. The second kappa shape index (κ2) is 9.30. The highest BCUT2D eigenvalue weighted by Gasteiger charge is 2.09. The van der Waals surface area contributed by atoms with E-state index in [-0.39, 0.29) is 11.3 Å². The Morgan fingerprint density at radius 3 is 2.50 bits per heavy atom. The van der Waals surface area contributed by atoms with E-state index in [4.69, 9.17) is 32.4 Å². The first kappa shape index (κ1) is 21.7. The average molecular weight is 466 g/mol. The number of amides is 1. The smallest absolute Gasteiger partial charge is 0.248 e. The molecule has 5 nitrogen and oxygen atoms in total. The number of fused-ring (bicyclic) bond motifs is 1. The number of rotatable bonds is 5. The van der Waals surface area contributed by atoms with Crippen molar-refractivity contribution in [1.29, 1.82) is 0 Å². The molecule has 0 aliphatic heterocycles. The quantitative estimate of drug-likeness (QED) is 0.345. The average Bonchev–Trinajstić information content (AvgIpc) is 2.78. The minimum atomic E-state index is -0.310. The van der Waals surface area contributed by atoms with Crippen LogP contribution in [0.1, 0.15) is 5.56 Å². The summed E-state index contributed by atoms with van der Waals surface area (Å²) in [6.45, 7) is 0. The first-order valence-corrected chi connectivity index (χ1v) is 10.3. The fraction of sp³-hybridized carbons (Fsp3) is 0.0400. The normalized spacial score (nSPS) is 11.1. The lowest BCUT2D eigenvalue weighted by Crippen LogP contribution is -2.07. The second-order valence-corrected chi connectivity index (χ2v) is 7.75. The van der Waals surface area contributed by atoms with E-state index < -0.39 is 0 Å². The van der Waals surface area contributed by atoms with Gasteiger partial charge in [0.25, 0.3) is 0 Å². The van der Waals surface area contributed by atoms with Gasteiger partial charge in [-0.15, -0.1) is 0 Å². The third-order valence-corrected chi connectivity index (χ3v) is 5.31. The van der Waals surface area contributed by atoms with Crippen molar-refractivity contribution in [2.45, 2.75) is 0 Å². The minimum absolute atomic E-state index is 0.163. The van der Waals surface area contributed by atoms with E-state index in [1.54, 1.807) is 73.8 Å². The number of nitrogens with one attached hydrogen (secondary N) is 1. The fourth-order valence-electron chi connectivity index (χ4n) is 3.11. The third kappa shape index (κ3) is 4.85. The molecule has 4 rings (SSSR count). The molecular formula is C25H17Cl2NO4. The highest BCUT2D eigenvalue weighted by molar-refractivity contribution is 6.35. The van der Waals surface area contributed by atoms with Crippen LogP contribution in [0.5, 0.6) is 5.75 Å². The van der Waals surface area contributed by atoms with Crippen molar-refractivity contribution in [3.05, 3.63) is 98.6 Å². The predicted octanol–water partition coefficient (Wildman–Crippen LogP) is 6.43. The highest BCUT2D eigenvalue weighted by Crippen LogP contribution is 2.26. The number of halogens is 2. The molecule has 160 valence electrons. The van der Waals surface area contributed by atoms with Gasteiger partial charge in [0.2, 0.25) is 5.91 Å². The summed E-state index contributed by atoms with van der Waals surface area (Å²) in [5.74, 6) is 0.711. The van der Waals surface area contributed by atoms with Gasteiger partial charge in [0, 0.05) is 33.4 Å². The Morgan fingerprint density at radius 2 is 1.78 bits per heavy atom. The maximum Gasteiger partial charge on any atom is 0.248 e. The number of hydrogen-bond acceptors (Lipinski definition) is 4. The number of carbonyl (C=O) groups is 1. The lowest BCUT2D eigenvalue weighted by atomic mass is 10.1. The molecule has 0 bridgehead atoms. The Morgan fingerprint density at radius 1 is 1.00 bits per heavy atom. The summed E-state index contributed by atoms with van der Waals surface area (Å²) < 4.78 is 11.0. The van der Waals surface area contributed by atoms with E-state index in [0.717, 1.165) is 0 Å². The van der Waals surface area contributed by atoms with E-state index in [1.807, 2.05) is 0 Å². The number of hydrogen-bond donors (Lipinski definition) is 1. The number of carbonyl (C=O) groups excluding carboxylic acids is 1. The molecule has 4 aromatic rings. The van der Waals surface area contributed by atoms with Crippen LogP contribution >= 0.6 is 23.2 Å². The van der Waals surface area contributed by atoms with Gasteiger partial charge in [0.05, 0.1) is 12.5 Å². The molecule has 0 saturated carbocycles. The largest absolute Gasteiger partial charge is 0.497 e. The topological polar surface area (TPSA) is 68.5 Å². The summed E-state index contributed by atoms with van der Waals surface area (Å²) in [5, 5.41) is 4.21. The van der Waals surface area contributed by atoms with Crippen molar-refractivity contribution in [2.24, 2.45) is 0 Å². The van der Waals surface area contributed by atoms with Crippen molar-refractivity contribution >= 4 is 51.8 Å². The van der Waals surface area contributed by atoms with Gasteiger partial charge in [-0.2, -0.15) is 0 Å². The van der Waals surface area contributed by atoms with Crippen molar-refractivity contribution in [2.75, 3.05) is 12.4 Å². The number of anilines is 1. The summed E-state index contributed by atoms with van der Waals surface area (Å²) >= 11 is 12.0. The van der Waals surface area contributed by atoms with Crippen molar-refractivity contribution in [3.8, 4) is 17.1 Å². The van der Waals surface area contributed by atoms with Gasteiger partial charge in [-0.05, 0) is 66.2 Å². The summed E-state index contributed by atoms with van der Waals surface area (Å²) in [6, 6.07) is 18.6. The third-order valence-electron chi connectivity index (χ3n) is 4.75. The van der Waals surface area contributed by atoms with Crippen LogP contribution in [0.25, 0.3) is 28.4 Å². The van der Waals surface area contributed by atoms with Crippen molar-refractivity contribution in [1.82, 2.24) is 0 Å². The zero-order valence-electron chi connectivity index (χ0n) is 16.9. The molecule has 0 unspecified atom stereocenters. The SMILES string of the molecule is COc1ccc2oc(-c3ccc(NC(=O)/C=C/c4ccc(Cl)cc4Cl)cc3)cc(=O)c2c1. The van der Waals surface area contributed by atoms with Crippen LogP contribution in [0.3, 0.4) is 0 Å².